The Morgan fingerprint density at radius 3 is 2.45 bits per heavy atom. The van der Waals surface area contributed by atoms with E-state index in [9.17, 15) is 21.6 Å². The number of ether oxygens (including phenoxy) is 1. The largest absolute Gasteiger partial charge is 0.492 e. The van der Waals surface area contributed by atoms with E-state index in [2.05, 4.69) is 16.6 Å². The summed E-state index contributed by atoms with van der Waals surface area (Å²) in [4.78, 5) is 12.5. The second-order valence-corrected chi connectivity index (χ2v) is 10.4. The molecule has 0 aliphatic rings. The average molecular weight is 468 g/mol. The van der Waals surface area contributed by atoms with Gasteiger partial charge >= 0.3 is 0 Å². The van der Waals surface area contributed by atoms with E-state index >= 15 is 0 Å². The number of rotatable bonds is 10. The van der Waals surface area contributed by atoms with Crippen molar-refractivity contribution >= 4 is 31.6 Å². The van der Waals surface area contributed by atoms with Crippen molar-refractivity contribution < 1.29 is 26.4 Å². The third-order valence-electron chi connectivity index (χ3n) is 4.08. The van der Waals surface area contributed by atoms with Crippen LogP contribution in [0, 0.1) is 0 Å². The van der Waals surface area contributed by atoms with Crippen LogP contribution in [0.2, 0.25) is 0 Å². The van der Waals surface area contributed by atoms with Crippen LogP contribution in [-0.4, -0.2) is 54.3 Å². The highest BCUT2D eigenvalue weighted by atomic mass is 32.2. The van der Waals surface area contributed by atoms with Gasteiger partial charge in [-0.25, -0.2) is 25.9 Å². The maximum absolute atomic E-state index is 12.7. The molecule has 0 aliphatic carbocycles. The zero-order valence-corrected chi connectivity index (χ0v) is 19.1. The molecule has 1 amide bonds. The summed E-state index contributed by atoms with van der Waals surface area (Å²) in [5.74, 6) is -0.436. The molecule has 9 nitrogen and oxygen atoms in total. The molecule has 2 aromatic carbocycles. The van der Waals surface area contributed by atoms with Crippen LogP contribution in [0.15, 0.2) is 64.9 Å². The minimum Gasteiger partial charge on any atom is -0.492 e. The molecular formula is C20H25N3O6S2. The predicted molar refractivity (Wildman–Crippen MR) is 118 cm³/mol. The summed E-state index contributed by atoms with van der Waals surface area (Å²) in [6.07, 6.45) is 1.40. The molecule has 31 heavy (non-hydrogen) atoms. The quantitative estimate of drug-likeness (QED) is 0.516. The highest BCUT2D eigenvalue weighted by molar-refractivity contribution is 7.89. The first kappa shape index (κ1) is 24.5. The fraction of sp³-hybridized carbons (Fsp3) is 0.250. The number of nitrogens with one attached hydrogen (secondary N) is 2. The molecule has 0 radical (unpaired) electrons. The van der Waals surface area contributed by atoms with Gasteiger partial charge in [-0.15, -0.1) is 6.58 Å². The molecule has 11 heteroatoms. The lowest BCUT2D eigenvalue weighted by atomic mass is 10.2. The Morgan fingerprint density at radius 2 is 1.84 bits per heavy atom. The summed E-state index contributed by atoms with van der Waals surface area (Å²) in [5, 5.41) is 2.59. The van der Waals surface area contributed by atoms with Crippen LogP contribution in [0.4, 0.5) is 5.69 Å². The highest BCUT2D eigenvalue weighted by Gasteiger charge is 2.23. The maximum atomic E-state index is 12.7. The fourth-order valence-electron chi connectivity index (χ4n) is 2.52. The molecule has 0 bridgehead atoms. The van der Waals surface area contributed by atoms with Crippen molar-refractivity contribution in [3.05, 3.63) is 60.7 Å². The van der Waals surface area contributed by atoms with Crippen LogP contribution in [0.5, 0.6) is 5.75 Å². The normalized spacial score (nSPS) is 11.9. The van der Waals surface area contributed by atoms with Gasteiger partial charge in [-0.1, -0.05) is 12.1 Å². The van der Waals surface area contributed by atoms with Gasteiger partial charge in [0.25, 0.3) is 5.91 Å². The highest BCUT2D eigenvalue weighted by Crippen LogP contribution is 2.29. The number of nitrogens with zero attached hydrogens (tertiary/aromatic N) is 1. The first-order valence-corrected chi connectivity index (χ1v) is 12.2. The monoisotopic (exact) mass is 467 g/mol. The van der Waals surface area contributed by atoms with E-state index in [1.54, 1.807) is 6.92 Å². The third-order valence-corrected chi connectivity index (χ3v) is 7.34. The summed E-state index contributed by atoms with van der Waals surface area (Å²) in [6.45, 7) is 5.50. The minimum atomic E-state index is -3.83. The number of carbonyl (C=O) groups excluding carboxylic acids is 1. The van der Waals surface area contributed by atoms with Gasteiger partial charge in [-0.3, -0.25) is 4.79 Å². The molecule has 2 N–H and O–H groups in total. The van der Waals surface area contributed by atoms with Crippen LogP contribution < -0.4 is 14.8 Å². The van der Waals surface area contributed by atoms with Crippen LogP contribution in [0.25, 0.3) is 0 Å². The second-order valence-electron chi connectivity index (χ2n) is 6.50. The maximum Gasteiger partial charge on any atom is 0.255 e. The lowest BCUT2D eigenvalue weighted by Gasteiger charge is -2.16. The molecule has 2 rings (SSSR count). The van der Waals surface area contributed by atoms with Crippen LogP contribution in [0.3, 0.4) is 0 Å². The first-order chi connectivity index (χ1) is 14.5. The minimum absolute atomic E-state index is 0.0497. The van der Waals surface area contributed by atoms with Crippen molar-refractivity contribution in [2.75, 3.05) is 32.6 Å². The standard InChI is InChI=1S/C20H25N3O6S2/c1-5-12-21-30(25,26)17-9-7-8-15(13-17)20(24)22-16-10-11-18(29-6-2)19(14-16)31(27,28)23(3)4/h5,7-11,13-14,21H,1,6,12H2,2-4H3,(H,22,24). The van der Waals surface area contributed by atoms with Gasteiger partial charge in [-0.05, 0) is 43.3 Å². The fourth-order valence-corrected chi connectivity index (χ4v) is 4.61. The molecule has 0 fully saturated rings. The van der Waals surface area contributed by atoms with Crippen LogP contribution in [-0.2, 0) is 20.0 Å². The van der Waals surface area contributed by atoms with Crippen molar-refractivity contribution in [3.8, 4) is 5.75 Å². The van der Waals surface area contributed by atoms with Crippen molar-refractivity contribution in [3.63, 3.8) is 0 Å². The van der Waals surface area contributed by atoms with Gasteiger partial charge in [0.05, 0.1) is 11.5 Å². The SMILES string of the molecule is C=CCNS(=O)(=O)c1cccc(C(=O)Nc2ccc(OCC)c(S(=O)(=O)N(C)C)c2)c1. The van der Waals surface area contributed by atoms with E-state index in [-0.39, 0.29) is 39.9 Å². The molecular weight excluding hydrogens is 442 g/mol. The molecule has 0 spiro atoms. The average Bonchev–Trinajstić information content (AvgIpc) is 2.73. The molecule has 0 atom stereocenters. The lowest BCUT2D eigenvalue weighted by molar-refractivity contribution is 0.102. The van der Waals surface area contributed by atoms with Crippen LogP contribution in [0.1, 0.15) is 17.3 Å². The predicted octanol–water partition coefficient (Wildman–Crippen LogP) is 2.05. The number of sulfonamides is 2. The zero-order valence-electron chi connectivity index (χ0n) is 17.5. The van der Waals surface area contributed by atoms with E-state index in [1.807, 2.05) is 0 Å². The Balaban J connectivity index is 2.36. The van der Waals surface area contributed by atoms with Gasteiger partial charge in [0, 0.05) is 31.9 Å². The van der Waals surface area contributed by atoms with Gasteiger partial charge in [0.1, 0.15) is 10.6 Å². The van der Waals surface area contributed by atoms with E-state index in [1.165, 1.54) is 62.6 Å². The molecule has 0 heterocycles. The van der Waals surface area contributed by atoms with Crippen molar-refractivity contribution in [1.82, 2.24) is 9.03 Å². The smallest absolute Gasteiger partial charge is 0.255 e. The Morgan fingerprint density at radius 1 is 1.13 bits per heavy atom. The topological polar surface area (TPSA) is 122 Å². The van der Waals surface area contributed by atoms with Crippen molar-refractivity contribution in [2.24, 2.45) is 0 Å². The number of hydrogen-bond donors (Lipinski definition) is 2. The molecule has 0 aliphatic heterocycles. The summed E-state index contributed by atoms with van der Waals surface area (Å²) in [7, 11) is -4.84. The number of amides is 1. The number of benzene rings is 2. The lowest BCUT2D eigenvalue weighted by Crippen LogP contribution is -2.24. The van der Waals surface area contributed by atoms with E-state index in [4.69, 9.17) is 4.74 Å². The Hall–Kier alpha value is -2.73. The molecule has 2 aromatic rings. The van der Waals surface area contributed by atoms with E-state index < -0.39 is 26.0 Å². The summed E-state index contributed by atoms with van der Waals surface area (Å²) in [6, 6.07) is 9.74. The Kier molecular flexibility index (Phi) is 7.96. The molecule has 0 aromatic heterocycles. The zero-order chi connectivity index (χ0) is 23.2. The summed E-state index contributed by atoms with van der Waals surface area (Å²) in [5.41, 5.74) is 0.305. The Bertz CT molecular complexity index is 1180. The van der Waals surface area contributed by atoms with Gasteiger partial charge in [-0.2, -0.15) is 0 Å². The third kappa shape index (κ3) is 5.91. The van der Waals surface area contributed by atoms with E-state index in [0.717, 1.165) is 4.31 Å². The molecule has 0 saturated heterocycles. The summed E-state index contributed by atoms with van der Waals surface area (Å²) >= 11 is 0. The molecule has 168 valence electrons. The Labute approximate surface area is 182 Å². The van der Waals surface area contributed by atoms with Gasteiger partial charge in [0.2, 0.25) is 20.0 Å². The van der Waals surface area contributed by atoms with Gasteiger partial charge < -0.3 is 10.1 Å². The number of anilines is 1. The molecule has 0 saturated carbocycles. The first-order valence-electron chi connectivity index (χ1n) is 9.24. The second kappa shape index (κ2) is 10.1. The number of carbonyl (C=O) groups is 1. The van der Waals surface area contributed by atoms with E-state index in [0.29, 0.717) is 0 Å². The summed E-state index contributed by atoms with van der Waals surface area (Å²) < 4.78 is 58.6. The van der Waals surface area contributed by atoms with Crippen molar-refractivity contribution in [2.45, 2.75) is 16.7 Å². The van der Waals surface area contributed by atoms with Crippen molar-refractivity contribution in [1.29, 1.82) is 0 Å². The van der Waals surface area contributed by atoms with Crippen LogP contribution >= 0.6 is 0 Å². The molecule has 0 unspecified atom stereocenters. The number of hydrogen-bond acceptors (Lipinski definition) is 6. The van der Waals surface area contributed by atoms with Gasteiger partial charge in [0.15, 0.2) is 0 Å².